The maximum atomic E-state index is 10.7. The first kappa shape index (κ1) is 13.6. The molecule has 0 aliphatic heterocycles. The Labute approximate surface area is 99.8 Å². The Morgan fingerprint density at radius 1 is 1.65 bits per heavy atom. The molecular weight excluding hydrogens is 224 g/mol. The maximum Gasteiger partial charge on any atom is 0.305 e. The van der Waals surface area contributed by atoms with Gasteiger partial charge in [-0.1, -0.05) is 6.92 Å². The first-order chi connectivity index (χ1) is 7.94. The highest BCUT2D eigenvalue weighted by molar-refractivity contribution is 5.67. The van der Waals surface area contributed by atoms with Crippen LogP contribution in [-0.2, 0) is 15.1 Å². The van der Waals surface area contributed by atoms with Gasteiger partial charge in [0.25, 0.3) is 0 Å². The van der Waals surface area contributed by atoms with Gasteiger partial charge in [-0.3, -0.25) is 4.79 Å². The van der Waals surface area contributed by atoms with Crippen LogP contribution < -0.4 is 0 Å². The van der Waals surface area contributed by atoms with E-state index in [0.717, 1.165) is 0 Å². The number of aromatic nitrogens is 4. The van der Waals surface area contributed by atoms with E-state index in [9.17, 15) is 4.79 Å². The van der Waals surface area contributed by atoms with Gasteiger partial charge in [0.1, 0.15) is 5.60 Å². The second kappa shape index (κ2) is 5.22. The summed E-state index contributed by atoms with van der Waals surface area (Å²) in [4.78, 5) is 10.7. The lowest BCUT2D eigenvalue weighted by Gasteiger charge is -2.26. The van der Waals surface area contributed by atoms with E-state index in [1.54, 1.807) is 14.0 Å². The third-order valence-corrected chi connectivity index (χ3v) is 2.98. The van der Waals surface area contributed by atoms with Crippen molar-refractivity contribution in [2.24, 2.45) is 0 Å². The molecule has 0 aliphatic carbocycles. The van der Waals surface area contributed by atoms with Crippen molar-refractivity contribution < 1.29 is 14.6 Å². The summed E-state index contributed by atoms with van der Waals surface area (Å²) >= 11 is 0. The smallest absolute Gasteiger partial charge is 0.305 e. The van der Waals surface area contributed by atoms with Crippen LogP contribution >= 0.6 is 0 Å². The van der Waals surface area contributed by atoms with Gasteiger partial charge >= 0.3 is 5.97 Å². The van der Waals surface area contributed by atoms with E-state index in [4.69, 9.17) is 9.84 Å². The van der Waals surface area contributed by atoms with Crippen molar-refractivity contribution in [3.05, 3.63) is 5.82 Å². The molecule has 0 radical (unpaired) electrons. The normalized spacial score (nSPS) is 16.5. The molecule has 96 valence electrons. The van der Waals surface area contributed by atoms with Crippen LogP contribution in [-0.4, -0.2) is 38.4 Å². The summed E-state index contributed by atoms with van der Waals surface area (Å²) in [5, 5.41) is 20.2. The molecular formula is C10H18N4O3. The van der Waals surface area contributed by atoms with Crippen molar-refractivity contribution in [2.75, 3.05) is 7.11 Å². The second-order valence-corrected chi connectivity index (χ2v) is 4.18. The SMILES string of the molecule is CCC(C)(OC)c1nnnn1C(C)CC(=O)O. The molecule has 1 N–H and O–H groups in total. The van der Waals surface area contributed by atoms with E-state index in [2.05, 4.69) is 15.5 Å². The highest BCUT2D eigenvalue weighted by atomic mass is 16.5. The number of tetrazole rings is 1. The predicted octanol–water partition coefficient (Wildman–Crippen LogP) is 0.980. The largest absolute Gasteiger partial charge is 0.481 e. The number of methoxy groups -OCH3 is 1. The fourth-order valence-corrected chi connectivity index (χ4v) is 1.57. The van der Waals surface area contributed by atoms with E-state index in [0.29, 0.717) is 12.2 Å². The van der Waals surface area contributed by atoms with E-state index < -0.39 is 11.6 Å². The van der Waals surface area contributed by atoms with Gasteiger partial charge in [-0.15, -0.1) is 5.10 Å². The zero-order valence-electron chi connectivity index (χ0n) is 10.5. The standard InChI is InChI=1S/C10H18N4O3/c1-5-10(3,17-4)9-11-12-13-14(9)7(2)6-8(15)16/h7H,5-6H2,1-4H3,(H,15,16). The van der Waals surface area contributed by atoms with Crippen molar-refractivity contribution >= 4 is 5.97 Å². The zero-order valence-corrected chi connectivity index (χ0v) is 10.5. The van der Waals surface area contributed by atoms with Crippen LogP contribution in [0.4, 0.5) is 0 Å². The van der Waals surface area contributed by atoms with Gasteiger partial charge < -0.3 is 9.84 Å². The quantitative estimate of drug-likeness (QED) is 0.799. The first-order valence-corrected chi connectivity index (χ1v) is 5.50. The Morgan fingerprint density at radius 3 is 2.76 bits per heavy atom. The van der Waals surface area contributed by atoms with Crippen LogP contribution in [0.5, 0.6) is 0 Å². The molecule has 0 fully saturated rings. The molecule has 1 heterocycles. The summed E-state index contributed by atoms with van der Waals surface area (Å²) in [7, 11) is 1.59. The summed E-state index contributed by atoms with van der Waals surface area (Å²) in [6.07, 6.45) is 0.672. The monoisotopic (exact) mass is 242 g/mol. The van der Waals surface area contributed by atoms with Crippen LogP contribution in [0.25, 0.3) is 0 Å². The predicted molar refractivity (Wildman–Crippen MR) is 59.4 cm³/mol. The Balaban J connectivity index is 3.03. The van der Waals surface area contributed by atoms with Crippen molar-refractivity contribution in [1.29, 1.82) is 0 Å². The number of aliphatic carboxylic acids is 1. The molecule has 1 aromatic heterocycles. The van der Waals surface area contributed by atoms with Crippen molar-refractivity contribution in [1.82, 2.24) is 20.2 Å². The van der Waals surface area contributed by atoms with Gasteiger partial charge in [-0.25, -0.2) is 4.68 Å². The van der Waals surface area contributed by atoms with Gasteiger partial charge in [0.2, 0.25) is 0 Å². The van der Waals surface area contributed by atoms with E-state index in [1.165, 1.54) is 4.68 Å². The first-order valence-electron chi connectivity index (χ1n) is 5.50. The molecule has 0 saturated heterocycles. The minimum atomic E-state index is -0.880. The fraction of sp³-hybridized carbons (Fsp3) is 0.800. The highest BCUT2D eigenvalue weighted by Gasteiger charge is 2.32. The summed E-state index contributed by atoms with van der Waals surface area (Å²) in [6, 6.07) is -0.307. The number of hydrogen-bond acceptors (Lipinski definition) is 5. The van der Waals surface area contributed by atoms with Crippen LogP contribution in [0.3, 0.4) is 0 Å². The van der Waals surface area contributed by atoms with Crippen LogP contribution in [0.15, 0.2) is 0 Å². The third-order valence-electron chi connectivity index (χ3n) is 2.98. The molecule has 0 aromatic carbocycles. The minimum Gasteiger partial charge on any atom is -0.481 e. The topological polar surface area (TPSA) is 90.1 Å². The Hall–Kier alpha value is -1.50. The summed E-state index contributed by atoms with van der Waals surface area (Å²) in [5.41, 5.74) is -0.601. The Kier molecular flexibility index (Phi) is 4.17. The minimum absolute atomic E-state index is 0.0262. The highest BCUT2D eigenvalue weighted by Crippen LogP contribution is 2.27. The molecule has 7 heteroatoms. The molecule has 17 heavy (non-hydrogen) atoms. The van der Waals surface area contributed by atoms with Gasteiger partial charge in [0.15, 0.2) is 5.82 Å². The lowest BCUT2D eigenvalue weighted by atomic mass is 10.0. The number of nitrogens with zero attached hydrogens (tertiary/aromatic N) is 4. The number of carboxylic acids is 1. The molecule has 2 unspecified atom stereocenters. The lowest BCUT2D eigenvalue weighted by molar-refractivity contribution is -0.137. The van der Waals surface area contributed by atoms with Crippen LogP contribution in [0.2, 0.25) is 0 Å². The zero-order chi connectivity index (χ0) is 13.1. The molecule has 0 saturated carbocycles. The molecule has 7 nitrogen and oxygen atoms in total. The van der Waals surface area contributed by atoms with Gasteiger partial charge in [0.05, 0.1) is 12.5 Å². The van der Waals surface area contributed by atoms with Crippen molar-refractivity contribution in [3.63, 3.8) is 0 Å². The number of carboxylic acid groups (broad SMARTS) is 1. The number of rotatable bonds is 6. The fourth-order valence-electron chi connectivity index (χ4n) is 1.57. The van der Waals surface area contributed by atoms with Crippen LogP contribution in [0.1, 0.15) is 45.5 Å². The molecule has 2 atom stereocenters. The van der Waals surface area contributed by atoms with Gasteiger partial charge in [0, 0.05) is 7.11 Å². The van der Waals surface area contributed by atoms with E-state index in [1.807, 2.05) is 13.8 Å². The lowest BCUT2D eigenvalue weighted by Crippen LogP contribution is -2.30. The molecule has 0 amide bonds. The van der Waals surface area contributed by atoms with Crippen molar-refractivity contribution in [3.8, 4) is 0 Å². The van der Waals surface area contributed by atoms with Crippen molar-refractivity contribution in [2.45, 2.75) is 45.3 Å². The Bertz CT molecular complexity index is 387. The molecule has 1 rings (SSSR count). The van der Waals surface area contributed by atoms with Crippen LogP contribution in [0, 0.1) is 0 Å². The van der Waals surface area contributed by atoms with E-state index >= 15 is 0 Å². The molecule has 0 spiro atoms. The third kappa shape index (κ3) is 2.79. The number of hydrogen-bond donors (Lipinski definition) is 1. The summed E-state index contributed by atoms with van der Waals surface area (Å²) in [6.45, 7) is 5.60. The summed E-state index contributed by atoms with van der Waals surface area (Å²) in [5.74, 6) is -0.328. The second-order valence-electron chi connectivity index (χ2n) is 4.18. The molecule has 0 bridgehead atoms. The summed E-state index contributed by atoms with van der Waals surface area (Å²) < 4.78 is 6.93. The average Bonchev–Trinajstić information content (AvgIpc) is 2.76. The van der Waals surface area contributed by atoms with E-state index in [-0.39, 0.29) is 12.5 Å². The molecule has 0 aliphatic rings. The number of carbonyl (C=O) groups is 1. The Morgan fingerprint density at radius 2 is 2.29 bits per heavy atom. The number of ether oxygens (including phenoxy) is 1. The molecule has 1 aromatic rings. The van der Waals surface area contributed by atoms with Gasteiger partial charge in [-0.05, 0) is 30.7 Å². The maximum absolute atomic E-state index is 10.7. The average molecular weight is 242 g/mol. The van der Waals surface area contributed by atoms with Gasteiger partial charge in [-0.2, -0.15) is 0 Å².